The smallest absolute Gasteiger partial charge is 0.303 e. The molecule has 1 aromatic rings. The van der Waals surface area contributed by atoms with Crippen molar-refractivity contribution >= 4 is 5.97 Å². The van der Waals surface area contributed by atoms with Gasteiger partial charge in [-0.2, -0.15) is 4.98 Å². The minimum Gasteiger partial charge on any atom is -0.481 e. The number of likely N-dealkylation sites (tertiary alicyclic amines) is 1. The van der Waals surface area contributed by atoms with Crippen molar-refractivity contribution < 1.29 is 14.4 Å². The molecule has 1 atom stereocenters. The molecule has 6 heteroatoms. The van der Waals surface area contributed by atoms with E-state index in [1.54, 1.807) is 0 Å². The zero-order valence-electron chi connectivity index (χ0n) is 12.9. The molecule has 0 radical (unpaired) electrons. The Balaban J connectivity index is 1.91. The summed E-state index contributed by atoms with van der Waals surface area (Å²) in [4.78, 5) is 17.5. The van der Waals surface area contributed by atoms with Crippen LogP contribution in [0.2, 0.25) is 0 Å². The summed E-state index contributed by atoms with van der Waals surface area (Å²) in [6.45, 7) is 5.89. The maximum Gasteiger partial charge on any atom is 0.303 e. The number of carboxylic acid groups (broad SMARTS) is 1. The van der Waals surface area contributed by atoms with Gasteiger partial charge in [-0.15, -0.1) is 0 Å². The van der Waals surface area contributed by atoms with Gasteiger partial charge in [0.05, 0.1) is 6.54 Å². The topological polar surface area (TPSA) is 79.5 Å². The highest BCUT2D eigenvalue weighted by atomic mass is 16.5. The van der Waals surface area contributed by atoms with Gasteiger partial charge in [0.1, 0.15) is 0 Å². The molecule has 2 rings (SSSR count). The van der Waals surface area contributed by atoms with Crippen molar-refractivity contribution in [1.82, 2.24) is 15.0 Å². The van der Waals surface area contributed by atoms with Crippen molar-refractivity contribution in [3.05, 3.63) is 11.7 Å². The van der Waals surface area contributed by atoms with Gasteiger partial charge in [-0.1, -0.05) is 25.4 Å². The molecular formula is C15H25N3O3. The fourth-order valence-corrected chi connectivity index (χ4v) is 2.85. The lowest BCUT2D eigenvalue weighted by Gasteiger charge is -2.34. The number of nitrogens with zero attached hydrogens (tertiary/aromatic N) is 3. The first-order valence-electron chi connectivity index (χ1n) is 7.82. The fraction of sp³-hybridized carbons (Fsp3) is 0.800. The summed E-state index contributed by atoms with van der Waals surface area (Å²) in [5, 5.41) is 12.9. The molecule has 1 aromatic heterocycles. The normalized spacial score (nSPS) is 20.0. The third-order valence-electron chi connectivity index (χ3n) is 3.88. The predicted octanol–water partition coefficient (Wildman–Crippen LogP) is 2.49. The van der Waals surface area contributed by atoms with Crippen molar-refractivity contribution in [3.8, 4) is 0 Å². The first-order chi connectivity index (χ1) is 10.0. The van der Waals surface area contributed by atoms with E-state index < -0.39 is 5.97 Å². The molecule has 1 saturated heterocycles. The van der Waals surface area contributed by atoms with E-state index in [1.807, 2.05) is 0 Å². The molecule has 118 valence electrons. The Morgan fingerprint density at radius 3 is 3.00 bits per heavy atom. The van der Waals surface area contributed by atoms with Gasteiger partial charge in [0.25, 0.3) is 0 Å². The van der Waals surface area contributed by atoms with Gasteiger partial charge in [-0.3, -0.25) is 9.69 Å². The zero-order valence-corrected chi connectivity index (χ0v) is 12.9. The van der Waals surface area contributed by atoms with Crippen LogP contribution in [-0.2, 0) is 17.8 Å². The van der Waals surface area contributed by atoms with Crippen LogP contribution in [0.3, 0.4) is 0 Å². The minimum absolute atomic E-state index is 0.228. The molecule has 0 spiro atoms. The summed E-state index contributed by atoms with van der Waals surface area (Å²) >= 11 is 0. The summed E-state index contributed by atoms with van der Waals surface area (Å²) < 4.78 is 5.27. The summed E-state index contributed by atoms with van der Waals surface area (Å²) in [7, 11) is 0. The Morgan fingerprint density at radius 1 is 1.48 bits per heavy atom. The van der Waals surface area contributed by atoms with E-state index in [2.05, 4.69) is 28.9 Å². The zero-order chi connectivity index (χ0) is 15.2. The summed E-state index contributed by atoms with van der Waals surface area (Å²) in [5.41, 5.74) is 0. The maximum absolute atomic E-state index is 10.8. The highest BCUT2D eigenvalue weighted by Gasteiger charge is 2.24. The molecule has 21 heavy (non-hydrogen) atoms. The Kier molecular flexibility index (Phi) is 5.73. The van der Waals surface area contributed by atoms with Crippen molar-refractivity contribution in [1.29, 1.82) is 0 Å². The van der Waals surface area contributed by atoms with E-state index in [0.717, 1.165) is 25.8 Å². The van der Waals surface area contributed by atoms with Crippen LogP contribution in [0.1, 0.15) is 57.7 Å². The van der Waals surface area contributed by atoms with E-state index in [0.29, 0.717) is 36.6 Å². The number of hydrogen-bond acceptors (Lipinski definition) is 5. The molecule has 1 unspecified atom stereocenters. The molecule has 1 aliphatic heterocycles. The van der Waals surface area contributed by atoms with Gasteiger partial charge >= 0.3 is 5.97 Å². The monoisotopic (exact) mass is 295 g/mol. The number of aromatic nitrogens is 2. The molecule has 0 saturated carbocycles. The lowest BCUT2D eigenvalue weighted by molar-refractivity contribution is -0.137. The lowest BCUT2D eigenvalue weighted by Crippen LogP contribution is -2.39. The van der Waals surface area contributed by atoms with Crippen molar-refractivity contribution in [3.63, 3.8) is 0 Å². The van der Waals surface area contributed by atoms with E-state index >= 15 is 0 Å². The standard InChI is InChI=1S/C15H25N3O3/c1-11(2)9-14-16-13(17-21-14)10-18-8-4-3-5-12(18)6-7-15(19)20/h11-12H,3-10H2,1-2H3,(H,19,20). The summed E-state index contributed by atoms with van der Waals surface area (Å²) in [6.07, 6.45) is 5.11. The number of hydrogen-bond donors (Lipinski definition) is 1. The largest absolute Gasteiger partial charge is 0.481 e. The second kappa shape index (κ2) is 7.54. The number of piperidine rings is 1. The average molecular weight is 295 g/mol. The Hall–Kier alpha value is -1.43. The predicted molar refractivity (Wildman–Crippen MR) is 77.8 cm³/mol. The van der Waals surface area contributed by atoms with Crippen LogP contribution in [0.4, 0.5) is 0 Å². The quantitative estimate of drug-likeness (QED) is 0.832. The lowest BCUT2D eigenvalue weighted by atomic mass is 9.98. The minimum atomic E-state index is -0.723. The van der Waals surface area contributed by atoms with Gasteiger partial charge in [-0.25, -0.2) is 0 Å². The Morgan fingerprint density at radius 2 is 2.29 bits per heavy atom. The van der Waals surface area contributed by atoms with Gasteiger partial charge in [0, 0.05) is 18.9 Å². The third kappa shape index (κ3) is 5.12. The van der Waals surface area contributed by atoms with Gasteiger partial charge in [0.15, 0.2) is 5.82 Å². The van der Waals surface area contributed by atoms with Crippen molar-refractivity contribution in [2.45, 2.75) is 65.0 Å². The average Bonchev–Trinajstić information content (AvgIpc) is 2.84. The summed E-state index contributed by atoms with van der Waals surface area (Å²) in [6, 6.07) is 0.321. The number of aliphatic carboxylic acids is 1. The number of carbonyl (C=O) groups is 1. The van der Waals surface area contributed by atoms with Gasteiger partial charge in [0.2, 0.25) is 5.89 Å². The molecule has 0 aromatic carbocycles. The molecular weight excluding hydrogens is 270 g/mol. The maximum atomic E-state index is 10.8. The van der Waals surface area contributed by atoms with E-state index in [-0.39, 0.29) is 6.42 Å². The molecule has 0 aliphatic carbocycles. The van der Waals surface area contributed by atoms with Crippen LogP contribution in [0.5, 0.6) is 0 Å². The van der Waals surface area contributed by atoms with E-state index in [1.165, 1.54) is 6.42 Å². The molecule has 1 fully saturated rings. The number of rotatable bonds is 7. The highest BCUT2D eigenvalue weighted by Crippen LogP contribution is 2.22. The second-order valence-electron chi connectivity index (χ2n) is 6.25. The summed E-state index contributed by atoms with van der Waals surface area (Å²) in [5.74, 6) is 1.18. The van der Waals surface area contributed by atoms with Crippen LogP contribution in [0, 0.1) is 5.92 Å². The third-order valence-corrected chi connectivity index (χ3v) is 3.88. The molecule has 1 aliphatic rings. The van der Waals surface area contributed by atoms with Crippen LogP contribution in [0.15, 0.2) is 4.52 Å². The van der Waals surface area contributed by atoms with E-state index in [9.17, 15) is 4.79 Å². The first-order valence-corrected chi connectivity index (χ1v) is 7.82. The Labute approximate surface area is 125 Å². The van der Waals surface area contributed by atoms with Crippen LogP contribution in [0.25, 0.3) is 0 Å². The van der Waals surface area contributed by atoms with Gasteiger partial charge in [-0.05, 0) is 31.7 Å². The molecule has 0 amide bonds. The van der Waals surface area contributed by atoms with Crippen molar-refractivity contribution in [2.75, 3.05) is 6.54 Å². The fourth-order valence-electron chi connectivity index (χ4n) is 2.85. The van der Waals surface area contributed by atoms with Crippen LogP contribution in [-0.4, -0.2) is 38.7 Å². The number of carboxylic acids is 1. The van der Waals surface area contributed by atoms with Crippen LogP contribution >= 0.6 is 0 Å². The molecule has 2 heterocycles. The molecule has 6 nitrogen and oxygen atoms in total. The molecule has 1 N–H and O–H groups in total. The van der Waals surface area contributed by atoms with Gasteiger partial charge < -0.3 is 9.63 Å². The SMILES string of the molecule is CC(C)Cc1nc(CN2CCCCC2CCC(=O)O)no1. The first kappa shape index (κ1) is 15.9. The van der Waals surface area contributed by atoms with E-state index in [4.69, 9.17) is 9.63 Å². The second-order valence-corrected chi connectivity index (χ2v) is 6.25. The highest BCUT2D eigenvalue weighted by molar-refractivity contribution is 5.66. The van der Waals surface area contributed by atoms with Crippen molar-refractivity contribution in [2.24, 2.45) is 5.92 Å². The van der Waals surface area contributed by atoms with Crippen LogP contribution < -0.4 is 0 Å². The Bertz CT molecular complexity index is 459. The molecule has 0 bridgehead atoms.